The van der Waals surface area contributed by atoms with Gasteiger partial charge in [0.25, 0.3) is 0 Å². The van der Waals surface area contributed by atoms with E-state index >= 15 is 0 Å². The first-order valence-electron chi connectivity index (χ1n) is 15.2. The van der Waals surface area contributed by atoms with Crippen LogP contribution in [-0.4, -0.2) is 60.9 Å². The van der Waals surface area contributed by atoms with Crippen LogP contribution in [-0.2, 0) is 41.1 Å². The van der Waals surface area contributed by atoms with Crippen LogP contribution in [0.5, 0.6) is 0 Å². The topological polar surface area (TPSA) is 82.0 Å². The van der Waals surface area contributed by atoms with Gasteiger partial charge in [0.15, 0.2) is 0 Å². The Morgan fingerprint density at radius 1 is 0.880 bits per heavy atom. The largest absolute Gasteiger partial charge is 1.00 e. The molecule has 3 aromatic rings. The molecule has 270 valence electrons. The van der Waals surface area contributed by atoms with E-state index in [1.54, 1.807) is 11.8 Å². The number of likely N-dealkylation sites (N-methyl/N-ethyl adjacent to an activating group) is 1. The number of benzene rings is 2. The Hall–Kier alpha value is -3.28. The van der Waals surface area contributed by atoms with Crippen molar-refractivity contribution in [3.05, 3.63) is 76.6 Å². The second-order valence-corrected chi connectivity index (χ2v) is 11.5. The Balaban J connectivity index is 0.00000451. The van der Waals surface area contributed by atoms with Crippen molar-refractivity contribution in [3.8, 4) is 0 Å². The zero-order chi connectivity index (χ0) is 36.1. The molecule has 2 aromatic carbocycles. The van der Waals surface area contributed by atoms with Gasteiger partial charge in [0, 0.05) is 52.1 Å². The van der Waals surface area contributed by atoms with Gasteiger partial charge in [-0.15, -0.1) is 0 Å². The summed E-state index contributed by atoms with van der Waals surface area (Å²) in [5.41, 5.74) is -3.62. The zero-order valence-corrected chi connectivity index (χ0v) is 29.5. The Labute approximate surface area is 306 Å². The number of piperidine rings is 1. The summed E-state index contributed by atoms with van der Waals surface area (Å²) in [5, 5.41) is 9.29. The van der Waals surface area contributed by atoms with Crippen molar-refractivity contribution < 1.29 is 85.1 Å². The first-order chi connectivity index (χ1) is 22.9. The van der Waals surface area contributed by atoms with Gasteiger partial charge in [-0.25, -0.2) is 9.97 Å². The van der Waals surface area contributed by atoms with Gasteiger partial charge >= 0.3 is 54.1 Å². The maximum absolute atomic E-state index is 13.9. The fourth-order valence-corrected chi connectivity index (χ4v) is 5.61. The summed E-state index contributed by atoms with van der Waals surface area (Å²) in [4.78, 5) is 24.7. The van der Waals surface area contributed by atoms with Gasteiger partial charge in [-0.05, 0) is 67.3 Å². The third-order valence-corrected chi connectivity index (χ3v) is 8.19. The number of hydrogen-bond acceptors (Lipinski definition) is 7. The van der Waals surface area contributed by atoms with Gasteiger partial charge in [-0.3, -0.25) is 4.79 Å². The summed E-state index contributed by atoms with van der Waals surface area (Å²) in [7, 11) is 1.45. The van der Waals surface area contributed by atoms with E-state index in [4.69, 9.17) is 4.74 Å². The molecular weight excluding hydrogens is 696 g/mol. The number of nitrogens with zero attached hydrogens (tertiary/aromatic N) is 5. The van der Waals surface area contributed by atoms with Crippen molar-refractivity contribution in [2.75, 3.05) is 54.6 Å². The van der Waals surface area contributed by atoms with Gasteiger partial charge in [0.05, 0.1) is 47.3 Å². The van der Waals surface area contributed by atoms with E-state index in [0.29, 0.717) is 56.0 Å². The summed E-state index contributed by atoms with van der Waals surface area (Å²) >= 11 is 0. The van der Waals surface area contributed by atoms with E-state index in [1.165, 1.54) is 30.5 Å². The van der Waals surface area contributed by atoms with Crippen LogP contribution in [0.1, 0.15) is 49.0 Å². The second-order valence-electron chi connectivity index (χ2n) is 11.5. The Bertz CT molecular complexity index is 1550. The molecule has 0 bridgehead atoms. The average molecular weight is 732 g/mol. The van der Waals surface area contributed by atoms with Gasteiger partial charge in [0.2, 0.25) is 5.95 Å². The predicted octanol–water partition coefficient (Wildman–Crippen LogP) is 4.63. The minimum absolute atomic E-state index is 0. The first-order valence-corrected chi connectivity index (χ1v) is 15.2. The number of alkyl halides is 9. The normalized spacial score (nSPS) is 14.3. The van der Waals surface area contributed by atoms with Crippen molar-refractivity contribution in [3.63, 3.8) is 0 Å². The molecule has 1 saturated heterocycles. The number of methoxy groups -OCH3 is 1. The molecule has 0 unspecified atom stereocenters. The molecule has 0 spiro atoms. The number of carbonyl (C=O) groups is 1. The molecule has 0 aliphatic carbocycles. The number of hydrogen-bond donors (Lipinski definition) is 1. The number of anilines is 3. The second kappa shape index (κ2) is 16.8. The minimum Gasteiger partial charge on any atom is -1.00 e. The fraction of sp³-hybridized carbons (Fsp3) is 0.469. The van der Waals surface area contributed by atoms with E-state index < -0.39 is 65.8 Å². The van der Waals surface area contributed by atoms with Crippen LogP contribution in [0.4, 0.5) is 56.8 Å². The fourth-order valence-electron chi connectivity index (χ4n) is 5.61. The third kappa shape index (κ3) is 10.6. The molecule has 0 radical (unpaired) electrons. The van der Waals surface area contributed by atoms with E-state index in [0.717, 1.165) is 12.1 Å². The van der Waals surface area contributed by atoms with Crippen LogP contribution >= 0.6 is 0 Å². The van der Waals surface area contributed by atoms with E-state index in [1.807, 2.05) is 4.90 Å². The molecule has 1 aliphatic heterocycles. The Kier molecular flexibility index (Phi) is 13.8. The van der Waals surface area contributed by atoms with Crippen molar-refractivity contribution in [1.29, 1.82) is 0 Å². The summed E-state index contributed by atoms with van der Waals surface area (Å²) in [6, 6.07) is 4.12. The van der Waals surface area contributed by atoms with Crippen LogP contribution in [0.3, 0.4) is 0 Å². The van der Waals surface area contributed by atoms with Crippen LogP contribution in [0.2, 0.25) is 0 Å². The molecule has 0 atom stereocenters. The molecule has 0 amide bonds. The van der Waals surface area contributed by atoms with Crippen LogP contribution in [0, 0.1) is 5.92 Å². The number of carboxylic acids is 1. The number of ether oxygens (including phenoxy) is 1. The van der Waals surface area contributed by atoms with E-state index in [9.17, 15) is 49.4 Å². The first kappa shape index (κ1) is 41.1. The maximum Gasteiger partial charge on any atom is 1.00 e. The number of halogens is 9. The Morgan fingerprint density at radius 3 is 1.92 bits per heavy atom. The van der Waals surface area contributed by atoms with Crippen LogP contribution in [0.15, 0.2) is 48.8 Å². The molecule has 4 rings (SSSR count). The molecular formula is C32H35F9N5NaO3. The molecule has 0 saturated carbocycles. The van der Waals surface area contributed by atoms with Crippen molar-refractivity contribution in [2.24, 2.45) is 5.92 Å². The van der Waals surface area contributed by atoms with Gasteiger partial charge < -0.3 is 26.0 Å². The number of rotatable bonds is 12. The average Bonchev–Trinajstić information content (AvgIpc) is 3.04. The van der Waals surface area contributed by atoms with Crippen molar-refractivity contribution in [1.82, 2.24) is 9.97 Å². The molecule has 2 heterocycles. The molecule has 18 heteroatoms. The summed E-state index contributed by atoms with van der Waals surface area (Å²) in [6.45, 7) is 2.28. The van der Waals surface area contributed by atoms with Crippen molar-refractivity contribution >= 4 is 23.3 Å². The number of carboxylic acid groups (broad SMARTS) is 1. The SMILES string of the molecule is CCN(CCOC)c1ccc(C(F)(F)F)cc1CN(Cc1cc(C(F)(F)F)cc(C(F)(F)F)c1)c1ncc(N2CCC(C(=O)O)CC2)cn1.[H-].[Na+]. The molecule has 1 N–H and O–H groups in total. The van der Waals surface area contributed by atoms with Crippen LogP contribution in [0.25, 0.3) is 0 Å². The van der Waals surface area contributed by atoms with Gasteiger partial charge in [0.1, 0.15) is 0 Å². The standard InChI is InChI=1S/C32H34F9N5O3.Na.H/c1-3-44(10-11-49-2)27-5-4-23(30(33,34)35)14-22(27)19-46(18-20-12-24(31(36,37)38)15-25(13-20)32(39,40)41)29-42-16-26(17-43-29)45-8-6-21(7-9-45)28(47)48;;/h4-5,12-17,21H,3,6-11,18-19H2,1-2H3,(H,47,48);;/q;+1;-1. The summed E-state index contributed by atoms with van der Waals surface area (Å²) in [5.74, 6) is -1.60. The predicted molar refractivity (Wildman–Crippen MR) is 163 cm³/mol. The molecule has 1 fully saturated rings. The third-order valence-electron chi connectivity index (χ3n) is 8.19. The smallest absolute Gasteiger partial charge is 1.00 e. The molecule has 1 aromatic heterocycles. The molecule has 8 nitrogen and oxygen atoms in total. The quantitative estimate of drug-likeness (QED) is 0.214. The molecule has 1 aliphatic rings. The number of aliphatic carboxylic acids is 1. The van der Waals surface area contributed by atoms with E-state index in [2.05, 4.69) is 9.97 Å². The van der Waals surface area contributed by atoms with E-state index in [-0.39, 0.29) is 61.7 Å². The van der Waals surface area contributed by atoms with Gasteiger partial charge in [-0.2, -0.15) is 39.5 Å². The van der Waals surface area contributed by atoms with Crippen LogP contribution < -0.4 is 44.3 Å². The van der Waals surface area contributed by atoms with Gasteiger partial charge in [-0.1, -0.05) is 0 Å². The Morgan fingerprint density at radius 2 is 1.44 bits per heavy atom. The van der Waals surface area contributed by atoms with Crippen molar-refractivity contribution in [2.45, 2.75) is 51.4 Å². The summed E-state index contributed by atoms with van der Waals surface area (Å²) < 4.78 is 129. The monoisotopic (exact) mass is 731 g/mol. The maximum atomic E-state index is 13.9. The number of aromatic nitrogens is 2. The minimum atomic E-state index is -5.12. The molecule has 50 heavy (non-hydrogen) atoms. The zero-order valence-electron chi connectivity index (χ0n) is 28.5. The summed E-state index contributed by atoms with van der Waals surface area (Å²) in [6.07, 6.45) is -11.5.